The Morgan fingerprint density at radius 2 is 1.89 bits per heavy atom. The lowest BCUT2D eigenvalue weighted by molar-refractivity contribution is -0.137. The Hall–Kier alpha value is -0.330. The van der Waals surface area contributed by atoms with Gasteiger partial charge in [-0.05, 0) is 35.6 Å². The maximum atomic E-state index is 12.7. The van der Waals surface area contributed by atoms with Gasteiger partial charge in [-0.2, -0.15) is 13.2 Å². The van der Waals surface area contributed by atoms with E-state index in [2.05, 4.69) is 0 Å². The fourth-order valence-corrected chi connectivity index (χ4v) is 4.88. The third-order valence-corrected chi connectivity index (χ3v) is 6.15. The zero-order chi connectivity index (χ0) is 13.2. The molecule has 1 aromatic rings. The summed E-state index contributed by atoms with van der Waals surface area (Å²) < 4.78 is 37.4. The number of thioether (sulfide) groups is 2. The third-order valence-electron chi connectivity index (χ3n) is 2.80. The van der Waals surface area contributed by atoms with Gasteiger partial charge in [0.05, 0.1) is 12.2 Å². The first-order chi connectivity index (χ1) is 8.48. The number of aliphatic hydroxyl groups is 1. The highest BCUT2D eigenvalue weighted by atomic mass is 32.2. The van der Waals surface area contributed by atoms with Crippen LogP contribution < -0.4 is 0 Å². The molecule has 0 amide bonds. The van der Waals surface area contributed by atoms with Crippen molar-refractivity contribution in [2.75, 3.05) is 18.1 Å². The monoisotopic (exact) mass is 294 g/mol. The molecule has 0 aliphatic carbocycles. The molecule has 6 heteroatoms. The molecule has 2 rings (SSSR count). The zero-order valence-electron chi connectivity index (χ0n) is 9.54. The highest BCUT2D eigenvalue weighted by molar-refractivity contribution is 8.18. The van der Waals surface area contributed by atoms with Crippen LogP contribution in [0.15, 0.2) is 24.3 Å². The van der Waals surface area contributed by atoms with Gasteiger partial charge in [0, 0.05) is 0 Å². The van der Waals surface area contributed by atoms with Crippen LogP contribution in [-0.2, 0) is 10.3 Å². The summed E-state index contributed by atoms with van der Waals surface area (Å²) >= 11 is 3.06. The zero-order valence-corrected chi connectivity index (χ0v) is 11.2. The van der Waals surface area contributed by atoms with Crippen molar-refractivity contribution in [3.8, 4) is 0 Å². The lowest BCUT2D eigenvalue weighted by Gasteiger charge is -2.35. The second-order valence-corrected chi connectivity index (χ2v) is 7.09. The van der Waals surface area contributed by atoms with E-state index in [1.165, 1.54) is 29.6 Å². The SMILES string of the molecule is OCC1(c2cccc(C(F)(F)F)c2)SCCCS1. The third kappa shape index (κ3) is 2.81. The highest BCUT2D eigenvalue weighted by Crippen LogP contribution is 2.50. The summed E-state index contributed by atoms with van der Waals surface area (Å²) in [4.78, 5) is 0. The molecule has 18 heavy (non-hydrogen) atoms. The minimum absolute atomic E-state index is 0.149. The molecule has 0 unspecified atom stereocenters. The average Bonchev–Trinajstić information content (AvgIpc) is 2.39. The quantitative estimate of drug-likeness (QED) is 0.897. The summed E-state index contributed by atoms with van der Waals surface area (Å²) in [5, 5.41) is 9.57. The molecule has 1 nitrogen and oxygen atoms in total. The van der Waals surface area contributed by atoms with Crippen molar-refractivity contribution < 1.29 is 18.3 Å². The maximum Gasteiger partial charge on any atom is 0.416 e. The first kappa shape index (κ1) is 14.1. The van der Waals surface area contributed by atoms with E-state index in [9.17, 15) is 18.3 Å². The molecule has 0 bridgehead atoms. The standard InChI is InChI=1S/C12H13F3OS2/c13-12(14,15)10-4-1-3-9(7-10)11(8-16)17-5-2-6-18-11/h1,3-4,7,16H,2,5-6,8H2. The van der Waals surface area contributed by atoms with Crippen LogP contribution in [0.2, 0.25) is 0 Å². The molecular weight excluding hydrogens is 281 g/mol. The minimum Gasteiger partial charge on any atom is -0.394 e. The minimum atomic E-state index is -4.34. The predicted octanol–water partition coefficient (Wildman–Crippen LogP) is 3.72. The number of aliphatic hydroxyl groups excluding tert-OH is 1. The van der Waals surface area contributed by atoms with Crippen molar-refractivity contribution in [2.45, 2.75) is 16.7 Å². The first-order valence-corrected chi connectivity index (χ1v) is 7.51. The number of benzene rings is 1. The molecule has 1 aliphatic rings. The van der Waals surface area contributed by atoms with Crippen LogP contribution in [-0.4, -0.2) is 23.2 Å². The molecule has 0 radical (unpaired) electrons. The average molecular weight is 294 g/mol. The Morgan fingerprint density at radius 1 is 1.22 bits per heavy atom. The van der Waals surface area contributed by atoms with Gasteiger partial charge in [-0.3, -0.25) is 0 Å². The van der Waals surface area contributed by atoms with Crippen LogP contribution >= 0.6 is 23.5 Å². The van der Waals surface area contributed by atoms with Crippen LogP contribution in [0, 0.1) is 0 Å². The fraction of sp³-hybridized carbons (Fsp3) is 0.500. The molecule has 0 aromatic heterocycles. The summed E-state index contributed by atoms with van der Waals surface area (Å²) in [7, 11) is 0. The van der Waals surface area contributed by atoms with Gasteiger partial charge in [0.15, 0.2) is 0 Å². The maximum absolute atomic E-state index is 12.7. The molecule has 0 spiro atoms. The van der Waals surface area contributed by atoms with Crippen LogP contribution in [0.4, 0.5) is 13.2 Å². The van der Waals surface area contributed by atoms with Crippen molar-refractivity contribution in [3.63, 3.8) is 0 Å². The van der Waals surface area contributed by atoms with Gasteiger partial charge in [-0.1, -0.05) is 12.1 Å². The largest absolute Gasteiger partial charge is 0.416 e. The molecule has 0 atom stereocenters. The summed E-state index contributed by atoms with van der Waals surface area (Å²) in [6, 6.07) is 5.29. The van der Waals surface area contributed by atoms with Crippen LogP contribution in [0.25, 0.3) is 0 Å². The second-order valence-electron chi connectivity index (χ2n) is 4.04. The number of hydrogen-bond donors (Lipinski definition) is 1. The van der Waals surface area contributed by atoms with Crippen molar-refractivity contribution in [3.05, 3.63) is 35.4 Å². The molecule has 1 N–H and O–H groups in total. The Morgan fingerprint density at radius 3 is 2.44 bits per heavy atom. The Balaban J connectivity index is 2.37. The van der Waals surface area contributed by atoms with E-state index < -0.39 is 15.8 Å². The Kier molecular flexibility index (Phi) is 4.18. The molecule has 1 aliphatic heterocycles. The first-order valence-electron chi connectivity index (χ1n) is 5.54. The molecule has 1 saturated heterocycles. The summed E-state index contributed by atoms with van der Waals surface area (Å²) in [6.07, 6.45) is -3.31. The molecule has 1 aromatic carbocycles. The van der Waals surface area contributed by atoms with Gasteiger partial charge in [0.25, 0.3) is 0 Å². The molecular formula is C12H13F3OS2. The van der Waals surface area contributed by atoms with E-state index in [-0.39, 0.29) is 6.61 Å². The van der Waals surface area contributed by atoms with E-state index >= 15 is 0 Å². The normalized spacial score (nSPS) is 19.8. The fourth-order valence-electron chi connectivity index (χ4n) is 1.86. The summed E-state index contributed by atoms with van der Waals surface area (Å²) in [6.45, 7) is -0.149. The van der Waals surface area contributed by atoms with Crippen LogP contribution in [0.3, 0.4) is 0 Å². The molecule has 100 valence electrons. The molecule has 0 saturated carbocycles. The van der Waals surface area contributed by atoms with Gasteiger partial charge < -0.3 is 5.11 Å². The van der Waals surface area contributed by atoms with Crippen LogP contribution in [0.5, 0.6) is 0 Å². The van der Waals surface area contributed by atoms with E-state index in [0.29, 0.717) is 5.56 Å². The van der Waals surface area contributed by atoms with Crippen molar-refractivity contribution >= 4 is 23.5 Å². The number of hydrogen-bond acceptors (Lipinski definition) is 3. The summed E-state index contributed by atoms with van der Waals surface area (Å²) in [5.41, 5.74) is -0.103. The summed E-state index contributed by atoms with van der Waals surface area (Å²) in [5.74, 6) is 1.73. The van der Waals surface area contributed by atoms with Gasteiger partial charge in [-0.15, -0.1) is 23.5 Å². The van der Waals surface area contributed by atoms with E-state index in [0.717, 1.165) is 30.1 Å². The van der Waals surface area contributed by atoms with E-state index in [1.807, 2.05) is 0 Å². The van der Waals surface area contributed by atoms with Gasteiger partial charge >= 0.3 is 6.18 Å². The van der Waals surface area contributed by atoms with Crippen molar-refractivity contribution in [2.24, 2.45) is 0 Å². The van der Waals surface area contributed by atoms with E-state index in [1.54, 1.807) is 6.07 Å². The highest BCUT2D eigenvalue weighted by Gasteiger charge is 2.37. The van der Waals surface area contributed by atoms with Crippen molar-refractivity contribution in [1.29, 1.82) is 0 Å². The van der Waals surface area contributed by atoms with Gasteiger partial charge in [0.2, 0.25) is 0 Å². The lowest BCUT2D eigenvalue weighted by atomic mass is 10.1. The van der Waals surface area contributed by atoms with E-state index in [4.69, 9.17) is 0 Å². The predicted molar refractivity (Wildman–Crippen MR) is 69.7 cm³/mol. The number of halogens is 3. The smallest absolute Gasteiger partial charge is 0.394 e. The lowest BCUT2D eigenvalue weighted by Crippen LogP contribution is -2.27. The molecule has 1 fully saturated rings. The Bertz CT molecular complexity index is 414. The van der Waals surface area contributed by atoms with Gasteiger partial charge in [-0.25, -0.2) is 0 Å². The molecule has 1 heterocycles. The number of alkyl halides is 3. The van der Waals surface area contributed by atoms with Gasteiger partial charge in [0.1, 0.15) is 4.08 Å². The van der Waals surface area contributed by atoms with Crippen LogP contribution in [0.1, 0.15) is 17.5 Å². The number of rotatable bonds is 2. The Labute approximate surface area is 112 Å². The topological polar surface area (TPSA) is 20.2 Å². The van der Waals surface area contributed by atoms with Crippen molar-refractivity contribution in [1.82, 2.24) is 0 Å². The second kappa shape index (κ2) is 5.35.